The normalized spacial score (nSPS) is 11.9. The van der Waals surface area contributed by atoms with Gasteiger partial charge in [0.05, 0.1) is 12.1 Å². The lowest BCUT2D eigenvalue weighted by molar-refractivity contribution is -0.137. The van der Waals surface area contributed by atoms with Gasteiger partial charge in [0.25, 0.3) is 0 Å². The molecule has 2 rings (SSSR count). The lowest BCUT2D eigenvalue weighted by Crippen LogP contribution is -2.31. The molecule has 0 radical (unpaired) electrons. The van der Waals surface area contributed by atoms with Crippen molar-refractivity contribution >= 4 is 42.1 Å². The van der Waals surface area contributed by atoms with Crippen LogP contribution < -0.4 is 30.4 Å². The maximum Gasteiger partial charge on any atom is 0.311 e. The number of nitrogens with two attached hydrogens (primary N) is 2. The molecule has 0 aliphatic carbocycles. The number of ketones is 1. The van der Waals surface area contributed by atoms with Crippen molar-refractivity contribution in [3.05, 3.63) is 47.5 Å². The molecule has 4 N–H and O–H groups in total. The fraction of sp³-hybridized carbons (Fsp3) is 0.564. The molecule has 51 heavy (non-hydrogen) atoms. The standard InChI is InChI=1S/C39H56N2O9.ClH/c1-5-9-13-17-33(42)47-29-23-21-27(25-31(29)49-35(44)19-15-11-7-3)37(40)39(46)38(41)28-22-24-30(48-34(43)18-14-10-6-2)32(26-28)50-36(45)20-16-12-8-4;/h21-26,37-38H,5-20,40-41H2,1-4H3;1H. The lowest BCUT2D eigenvalue weighted by Gasteiger charge is -2.20. The van der Waals surface area contributed by atoms with Crippen LogP contribution in [0.15, 0.2) is 36.4 Å². The van der Waals surface area contributed by atoms with Gasteiger partial charge in [-0.05, 0) is 61.1 Å². The Bertz CT molecular complexity index is 1310. The van der Waals surface area contributed by atoms with E-state index in [1.165, 1.54) is 36.4 Å². The van der Waals surface area contributed by atoms with Crippen LogP contribution in [0.1, 0.15) is 154 Å². The zero-order valence-electron chi connectivity index (χ0n) is 30.7. The molecule has 284 valence electrons. The van der Waals surface area contributed by atoms with Crippen LogP contribution in [-0.4, -0.2) is 29.7 Å². The molecule has 0 heterocycles. The van der Waals surface area contributed by atoms with Crippen molar-refractivity contribution in [2.75, 3.05) is 0 Å². The average Bonchev–Trinajstić information content (AvgIpc) is 3.09. The van der Waals surface area contributed by atoms with Crippen molar-refractivity contribution in [1.82, 2.24) is 0 Å². The highest BCUT2D eigenvalue weighted by molar-refractivity contribution is 5.91. The van der Waals surface area contributed by atoms with E-state index in [-0.39, 0.29) is 72.2 Å². The molecule has 0 spiro atoms. The molecule has 11 nitrogen and oxygen atoms in total. The molecule has 0 aromatic heterocycles. The molecule has 0 aliphatic heterocycles. The highest BCUT2D eigenvalue weighted by Gasteiger charge is 2.27. The summed E-state index contributed by atoms with van der Waals surface area (Å²) >= 11 is 0. The summed E-state index contributed by atoms with van der Waals surface area (Å²) in [6.45, 7) is 8.10. The number of carbonyl (C=O) groups excluding carboxylic acids is 5. The van der Waals surface area contributed by atoms with E-state index in [4.69, 9.17) is 30.4 Å². The summed E-state index contributed by atoms with van der Waals surface area (Å²) in [7, 11) is 0. The Hall–Kier alpha value is -3.80. The van der Waals surface area contributed by atoms with E-state index in [0.717, 1.165) is 51.4 Å². The molecular weight excluding hydrogens is 676 g/mol. The van der Waals surface area contributed by atoms with Gasteiger partial charge in [-0.1, -0.05) is 91.2 Å². The first kappa shape index (κ1) is 45.2. The molecule has 0 bridgehead atoms. The Balaban J connectivity index is 0.0000130. The van der Waals surface area contributed by atoms with Gasteiger partial charge >= 0.3 is 23.9 Å². The zero-order valence-corrected chi connectivity index (χ0v) is 31.5. The quantitative estimate of drug-likeness (QED) is 0.0603. The maximum atomic E-state index is 13.6. The number of esters is 4. The number of Topliss-reactive ketones (excluding diaryl/α,β-unsaturated/α-hetero) is 1. The summed E-state index contributed by atoms with van der Waals surface area (Å²) < 4.78 is 22.2. The van der Waals surface area contributed by atoms with E-state index in [1.807, 2.05) is 27.7 Å². The second-order valence-corrected chi connectivity index (χ2v) is 12.5. The third kappa shape index (κ3) is 16.4. The summed E-state index contributed by atoms with van der Waals surface area (Å²) in [5.74, 6) is -2.46. The molecule has 2 unspecified atom stereocenters. The molecule has 0 fully saturated rings. The minimum Gasteiger partial charge on any atom is -0.423 e. The molecule has 0 amide bonds. The second-order valence-electron chi connectivity index (χ2n) is 12.5. The molecule has 0 saturated carbocycles. The van der Waals surface area contributed by atoms with Crippen LogP contribution in [0.3, 0.4) is 0 Å². The van der Waals surface area contributed by atoms with E-state index >= 15 is 0 Å². The number of ether oxygens (including phenoxy) is 4. The van der Waals surface area contributed by atoms with Crippen molar-refractivity contribution < 1.29 is 42.9 Å². The second kappa shape index (κ2) is 25.2. The Morgan fingerprint density at radius 1 is 0.471 bits per heavy atom. The Morgan fingerprint density at radius 3 is 1.02 bits per heavy atom. The fourth-order valence-electron chi connectivity index (χ4n) is 5.06. The highest BCUT2D eigenvalue weighted by Crippen LogP contribution is 2.35. The third-order valence-corrected chi connectivity index (χ3v) is 8.10. The van der Waals surface area contributed by atoms with E-state index in [0.29, 0.717) is 25.7 Å². The van der Waals surface area contributed by atoms with Gasteiger partial charge in [-0.15, -0.1) is 12.4 Å². The molecule has 0 saturated heterocycles. The Labute approximate surface area is 308 Å². The van der Waals surface area contributed by atoms with Crippen molar-refractivity contribution in [2.24, 2.45) is 11.5 Å². The highest BCUT2D eigenvalue weighted by atomic mass is 35.5. The molecule has 2 aromatic carbocycles. The van der Waals surface area contributed by atoms with Crippen molar-refractivity contribution in [1.29, 1.82) is 0 Å². The Kier molecular flexibility index (Phi) is 22.3. The summed E-state index contributed by atoms with van der Waals surface area (Å²) in [4.78, 5) is 63.9. The molecule has 0 aliphatic rings. The molecule has 12 heteroatoms. The fourth-order valence-corrected chi connectivity index (χ4v) is 5.06. The SMILES string of the molecule is CCCCCC(=O)Oc1ccc(C(N)C(=O)C(N)c2ccc(OC(=O)CCCCC)c(OC(=O)CCCCC)c2)cc1OC(=O)CCCCC.Cl. The van der Waals surface area contributed by atoms with Gasteiger partial charge in [0.15, 0.2) is 28.8 Å². The van der Waals surface area contributed by atoms with Crippen LogP contribution >= 0.6 is 12.4 Å². The van der Waals surface area contributed by atoms with Gasteiger partial charge in [0.2, 0.25) is 0 Å². The predicted molar refractivity (Wildman–Crippen MR) is 198 cm³/mol. The first-order valence-electron chi connectivity index (χ1n) is 18.2. The summed E-state index contributed by atoms with van der Waals surface area (Å²) in [6, 6.07) is 6.23. The maximum absolute atomic E-state index is 13.6. The largest absolute Gasteiger partial charge is 0.423 e. The molecule has 2 aromatic rings. The Morgan fingerprint density at radius 2 is 0.745 bits per heavy atom. The van der Waals surface area contributed by atoms with Crippen LogP contribution in [0.25, 0.3) is 0 Å². The van der Waals surface area contributed by atoms with Crippen molar-refractivity contribution in [2.45, 2.75) is 143 Å². The zero-order chi connectivity index (χ0) is 36.9. The van der Waals surface area contributed by atoms with Crippen LogP contribution in [-0.2, 0) is 24.0 Å². The van der Waals surface area contributed by atoms with Gasteiger partial charge in [-0.25, -0.2) is 0 Å². The lowest BCUT2D eigenvalue weighted by atomic mass is 9.94. The van der Waals surface area contributed by atoms with Crippen molar-refractivity contribution in [3.8, 4) is 23.0 Å². The molecular formula is C39H57ClN2O9. The number of benzene rings is 2. The third-order valence-electron chi connectivity index (χ3n) is 8.10. The van der Waals surface area contributed by atoms with E-state index in [2.05, 4.69) is 0 Å². The number of hydrogen-bond acceptors (Lipinski definition) is 11. The monoisotopic (exact) mass is 732 g/mol. The van der Waals surface area contributed by atoms with Crippen LogP contribution in [0.2, 0.25) is 0 Å². The minimum atomic E-state index is -1.26. The summed E-state index contributed by atoms with van der Waals surface area (Å²) in [5.41, 5.74) is 13.4. The summed E-state index contributed by atoms with van der Waals surface area (Å²) in [5, 5.41) is 0. The van der Waals surface area contributed by atoms with Crippen molar-refractivity contribution in [3.63, 3.8) is 0 Å². The predicted octanol–water partition coefficient (Wildman–Crippen LogP) is 8.32. The van der Waals surface area contributed by atoms with E-state index < -0.39 is 41.7 Å². The number of hydrogen-bond donors (Lipinski definition) is 2. The topological polar surface area (TPSA) is 174 Å². The van der Waals surface area contributed by atoms with Gasteiger partial charge in [-0.2, -0.15) is 0 Å². The average molecular weight is 733 g/mol. The number of unbranched alkanes of at least 4 members (excludes halogenated alkanes) is 8. The van der Waals surface area contributed by atoms with Gasteiger partial charge < -0.3 is 30.4 Å². The number of halogens is 1. The van der Waals surface area contributed by atoms with Crippen LogP contribution in [0, 0.1) is 0 Å². The minimum absolute atomic E-state index is 0. The van der Waals surface area contributed by atoms with Crippen LogP contribution in [0.5, 0.6) is 23.0 Å². The van der Waals surface area contributed by atoms with E-state index in [9.17, 15) is 24.0 Å². The smallest absolute Gasteiger partial charge is 0.311 e. The van der Waals surface area contributed by atoms with Gasteiger partial charge in [0.1, 0.15) is 0 Å². The van der Waals surface area contributed by atoms with Gasteiger partial charge in [-0.3, -0.25) is 24.0 Å². The van der Waals surface area contributed by atoms with Crippen LogP contribution in [0.4, 0.5) is 0 Å². The number of carbonyl (C=O) groups is 5. The number of rotatable bonds is 24. The first-order chi connectivity index (χ1) is 24.0. The van der Waals surface area contributed by atoms with Gasteiger partial charge in [0, 0.05) is 25.7 Å². The summed E-state index contributed by atoms with van der Waals surface area (Å²) in [6.07, 6.45) is 10.6. The molecule has 2 atom stereocenters. The first-order valence-corrected chi connectivity index (χ1v) is 18.2. The van der Waals surface area contributed by atoms with E-state index in [1.54, 1.807) is 0 Å².